The van der Waals surface area contributed by atoms with Crippen LogP contribution in [0.5, 0.6) is 5.75 Å². The molecule has 1 heterocycles. The van der Waals surface area contributed by atoms with Gasteiger partial charge in [-0.15, -0.1) is 12.4 Å². The van der Waals surface area contributed by atoms with Crippen LogP contribution in [-0.4, -0.2) is 57.8 Å². The van der Waals surface area contributed by atoms with Crippen molar-refractivity contribution in [1.82, 2.24) is 10.6 Å². The lowest BCUT2D eigenvalue weighted by Crippen LogP contribution is -2.49. The Morgan fingerprint density at radius 2 is 2.04 bits per heavy atom. The Hall–Kier alpha value is -1.83. The van der Waals surface area contributed by atoms with Gasteiger partial charge in [-0.2, -0.15) is 0 Å². The number of hydrogen-bond donors (Lipinski definition) is 2. The predicted octanol–water partition coefficient (Wildman–Crippen LogP) is 0.575. The molecule has 2 amide bonds. The van der Waals surface area contributed by atoms with Gasteiger partial charge in [0.15, 0.2) is 6.10 Å². The monoisotopic (exact) mass is 357 g/mol. The maximum Gasteiger partial charge on any atom is 0.268 e. The number of carbonyl (C=O) groups excluding carboxylic acids is 2. The minimum atomic E-state index is -0.589. The fourth-order valence-electron chi connectivity index (χ4n) is 2.31. The van der Waals surface area contributed by atoms with E-state index in [1.165, 1.54) is 4.90 Å². The number of halogens is 1. The van der Waals surface area contributed by atoms with Crippen molar-refractivity contribution in [2.45, 2.75) is 13.0 Å². The standard InChI is InChI=1S/C16H23N3O4.ClH/c1-12-16(21)19(13-5-3-4-6-14(13)23-12)11-15(20)18-8-7-17-9-10-22-2;/h3-6,12,17H,7-11H2,1-2H3,(H,18,20);1H. The molecule has 2 N–H and O–H groups in total. The third-order valence-corrected chi connectivity index (χ3v) is 3.48. The van der Waals surface area contributed by atoms with Crippen molar-refractivity contribution in [3.8, 4) is 5.75 Å². The molecule has 0 aromatic heterocycles. The number of amides is 2. The predicted molar refractivity (Wildman–Crippen MR) is 93.9 cm³/mol. The van der Waals surface area contributed by atoms with Crippen molar-refractivity contribution in [2.75, 3.05) is 44.8 Å². The van der Waals surface area contributed by atoms with Crippen LogP contribution in [0.4, 0.5) is 5.69 Å². The highest BCUT2D eigenvalue weighted by Crippen LogP contribution is 2.33. The molecule has 7 nitrogen and oxygen atoms in total. The van der Waals surface area contributed by atoms with Gasteiger partial charge in [-0.1, -0.05) is 12.1 Å². The minimum absolute atomic E-state index is 0. The lowest BCUT2D eigenvalue weighted by molar-refractivity contribution is -0.128. The van der Waals surface area contributed by atoms with Crippen LogP contribution >= 0.6 is 12.4 Å². The van der Waals surface area contributed by atoms with Gasteiger partial charge >= 0.3 is 0 Å². The molecule has 1 unspecified atom stereocenters. The first-order chi connectivity index (χ1) is 11.1. The molecule has 1 aromatic rings. The Morgan fingerprint density at radius 1 is 1.29 bits per heavy atom. The van der Waals surface area contributed by atoms with E-state index in [0.717, 1.165) is 6.54 Å². The second kappa shape index (κ2) is 10.1. The van der Waals surface area contributed by atoms with Gasteiger partial charge < -0.3 is 20.1 Å². The molecule has 1 aliphatic rings. The van der Waals surface area contributed by atoms with Crippen LogP contribution in [0.3, 0.4) is 0 Å². The summed E-state index contributed by atoms with van der Waals surface area (Å²) in [5.41, 5.74) is 0.629. The van der Waals surface area contributed by atoms with Crippen molar-refractivity contribution >= 4 is 29.9 Å². The Kier molecular flexibility index (Phi) is 8.53. The molecule has 0 bridgehead atoms. The number of rotatable bonds is 8. The number of benzene rings is 1. The summed E-state index contributed by atoms with van der Waals surface area (Å²) in [6.45, 7) is 4.19. The van der Waals surface area contributed by atoms with E-state index in [-0.39, 0.29) is 30.8 Å². The number of hydrogen-bond acceptors (Lipinski definition) is 5. The van der Waals surface area contributed by atoms with E-state index >= 15 is 0 Å². The van der Waals surface area contributed by atoms with Gasteiger partial charge in [0, 0.05) is 26.7 Å². The average Bonchev–Trinajstić information content (AvgIpc) is 2.55. The third-order valence-electron chi connectivity index (χ3n) is 3.48. The van der Waals surface area contributed by atoms with Gasteiger partial charge in [-0.05, 0) is 19.1 Å². The summed E-state index contributed by atoms with van der Waals surface area (Å²) in [5, 5.41) is 5.93. The molecule has 1 aromatic carbocycles. The topological polar surface area (TPSA) is 79.9 Å². The van der Waals surface area contributed by atoms with Crippen molar-refractivity contribution < 1.29 is 19.1 Å². The normalized spacial score (nSPS) is 16.0. The van der Waals surface area contributed by atoms with Crippen LogP contribution in [-0.2, 0) is 14.3 Å². The first-order valence-electron chi connectivity index (χ1n) is 7.67. The second-order valence-electron chi connectivity index (χ2n) is 5.24. The summed E-state index contributed by atoms with van der Waals surface area (Å²) in [5.74, 6) is 0.210. The molecule has 0 saturated carbocycles. The van der Waals surface area contributed by atoms with Gasteiger partial charge in [-0.25, -0.2) is 0 Å². The molecule has 0 fully saturated rings. The number of methoxy groups -OCH3 is 1. The molecular weight excluding hydrogens is 334 g/mol. The van der Waals surface area contributed by atoms with Crippen LogP contribution in [0.25, 0.3) is 0 Å². The SMILES string of the molecule is COCCNCCNC(=O)CN1C(=O)C(C)Oc2ccccc21.Cl. The summed E-state index contributed by atoms with van der Waals surface area (Å²) < 4.78 is 10.5. The van der Waals surface area contributed by atoms with Crippen molar-refractivity contribution in [3.63, 3.8) is 0 Å². The molecule has 2 rings (SSSR count). The van der Waals surface area contributed by atoms with E-state index < -0.39 is 6.10 Å². The van der Waals surface area contributed by atoms with E-state index in [4.69, 9.17) is 9.47 Å². The van der Waals surface area contributed by atoms with E-state index in [1.807, 2.05) is 12.1 Å². The van der Waals surface area contributed by atoms with Crippen molar-refractivity contribution in [2.24, 2.45) is 0 Å². The zero-order valence-corrected chi connectivity index (χ0v) is 14.7. The van der Waals surface area contributed by atoms with Gasteiger partial charge in [-0.3, -0.25) is 14.5 Å². The number of nitrogens with one attached hydrogen (secondary N) is 2. The first-order valence-corrected chi connectivity index (χ1v) is 7.67. The van der Waals surface area contributed by atoms with Crippen LogP contribution in [0, 0.1) is 0 Å². The Balaban J connectivity index is 0.00000288. The average molecular weight is 358 g/mol. The molecule has 0 spiro atoms. The molecule has 0 radical (unpaired) electrons. The minimum Gasteiger partial charge on any atom is -0.479 e. The number of ether oxygens (including phenoxy) is 2. The Bertz CT molecular complexity index is 556. The van der Waals surface area contributed by atoms with Crippen LogP contribution in [0.2, 0.25) is 0 Å². The number of fused-ring (bicyclic) bond motifs is 1. The molecule has 0 saturated heterocycles. The van der Waals surface area contributed by atoms with Crippen molar-refractivity contribution in [1.29, 1.82) is 0 Å². The second-order valence-corrected chi connectivity index (χ2v) is 5.24. The zero-order valence-electron chi connectivity index (χ0n) is 13.9. The molecule has 24 heavy (non-hydrogen) atoms. The molecule has 1 aliphatic heterocycles. The van der Waals surface area contributed by atoms with Gasteiger partial charge in [0.1, 0.15) is 12.3 Å². The maximum atomic E-state index is 12.3. The largest absolute Gasteiger partial charge is 0.479 e. The Labute approximate surface area is 148 Å². The van der Waals surface area contributed by atoms with E-state index in [1.54, 1.807) is 26.2 Å². The lowest BCUT2D eigenvalue weighted by Gasteiger charge is -2.32. The van der Waals surface area contributed by atoms with E-state index in [2.05, 4.69) is 10.6 Å². The van der Waals surface area contributed by atoms with Crippen LogP contribution in [0.1, 0.15) is 6.92 Å². The highest BCUT2D eigenvalue weighted by molar-refractivity contribution is 6.03. The fraction of sp³-hybridized carbons (Fsp3) is 0.500. The van der Waals surface area contributed by atoms with Gasteiger partial charge in [0.05, 0.1) is 12.3 Å². The number of nitrogens with zero attached hydrogens (tertiary/aromatic N) is 1. The lowest BCUT2D eigenvalue weighted by atomic mass is 10.2. The van der Waals surface area contributed by atoms with Crippen molar-refractivity contribution in [3.05, 3.63) is 24.3 Å². The zero-order chi connectivity index (χ0) is 16.7. The molecular formula is C16H24ClN3O4. The van der Waals surface area contributed by atoms with E-state index in [0.29, 0.717) is 31.1 Å². The number of para-hydroxylation sites is 2. The summed E-state index contributed by atoms with van der Waals surface area (Å²) in [4.78, 5) is 25.8. The highest BCUT2D eigenvalue weighted by atomic mass is 35.5. The highest BCUT2D eigenvalue weighted by Gasteiger charge is 2.32. The molecule has 1 atom stereocenters. The first kappa shape index (κ1) is 20.2. The third kappa shape index (κ3) is 5.36. The van der Waals surface area contributed by atoms with E-state index in [9.17, 15) is 9.59 Å². The quantitative estimate of drug-likeness (QED) is 0.665. The maximum absolute atomic E-state index is 12.3. The number of carbonyl (C=O) groups is 2. The number of anilines is 1. The molecule has 0 aliphatic carbocycles. The Morgan fingerprint density at radius 3 is 2.79 bits per heavy atom. The molecule has 134 valence electrons. The van der Waals surface area contributed by atoms with Crippen LogP contribution < -0.4 is 20.3 Å². The smallest absolute Gasteiger partial charge is 0.268 e. The fourth-order valence-corrected chi connectivity index (χ4v) is 2.31. The molecule has 8 heteroatoms. The summed E-state index contributed by atoms with van der Waals surface area (Å²) in [6, 6.07) is 7.23. The van der Waals surface area contributed by atoms with Gasteiger partial charge in [0.2, 0.25) is 5.91 Å². The summed E-state index contributed by atoms with van der Waals surface area (Å²) >= 11 is 0. The van der Waals surface area contributed by atoms with Gasteiger partial charge in [0.25, 0.3) is 5.91 Å². The van der Waals surface area contributed by atoms with Crippen LogP contribution in [0.15, 0.2) is 24.3 Å². The summed E-state index contributed by atoms with van der Waals surface area (Å²) in [7, 11) is 1.64. The summed E-state index contributed by atoms with van der Waals surface area (Å²) in [6.07, 6.45) is -0.589.